The number of benzene rings is 2. The van der Waals surface area contributed by atoms with Crippen LogP contribution in [-0.2, 0) is 0 Å². The Bertz CT molecular complexity index is 786. The summed E-state index contributed by atoms with van der Waals surface area (Å²) in [6.07, 6.45) is 3.46. The zero-order valence-corrected chi connectivity index (χ0v) is 11.8. The van der Waals surface area contributed by atoms with Crippen LogP contribution in [0.1, 0.15) is 6.92 Å². The van der Waals surface area contributed by atoms with Crippen molar-refractivity contribution in [3.63, 3.8) is 0 Å². The number of halogens is 1. The molecule has 0 saturated carbocycles. The molecule has 4 heteroatoms. The molecule has 2 aromatic carbocycles. The molecule has 0 aliphatic rings. The summed E-state index contributed by atoms with van der Waals surface area (Å²) in [5.41, 5.74) is 8.16. The Morgan fingerprint density at radius 3 is 2.62 bits per heavy atom. The molecule has 0 saturated heterocycles. The van der Waals surface area contributed by atoms with Crippen LogP contribution in [0.3, 0.4) is 0 Å². The van der Waals surface area contributed by atoms with Crippen molar-refractivity contribution in [2.75, 3.05) is 17.2 Å². The highest BCUT2D eigenvalue weighted by Crippen LogP contribution is 2.35. The summed E-state index contributed by atoms with van der Waals surface area (Å²) in [7, 11) is 0. The van der Waals surface area contributed by atoms with Gasteiger partial charge in [-0.3, -0.25) is 4.98 Å². The van der Waals surface area contributed by atoms with Crippen LogP contribution in [0.25, 0.3) is 10.8 Å². The molecule has 1 heterocycles. The van der Waals surface area contributed by atoms with E-state index in [0.29, 0.717) is 17.9 Å². The molecule has 0 fully saturated rings. The van der Waals surface area contributed by atoms with E-state index in [1.165, 1.54) is 6.07 Å². The van der Waals surface area contributed by atoms with E-state index >= 15 is 0 Å². The number of pyridine rings is 1. The fourth-order valence-electron chi connectivity index (χ4n) is 2.57. The lowest BCUT2D eigenvalue weighted by Gasteiger charge is -2.25. The first-order valence-electron chi connectivity index (χ1n) is 6.86. The van der Waals surface area contributed by atoms with Crippen molar-refractivity contribution in [2.24, 2.45) is 0 Å². The van der Waals surface area contributed by atoms with E-state index in [1.54, 1.807) is 24.5 Å². The first-order valence-corrected chi connectivity index (χ1v) is 6.86. The molecule has 0 amide bonds. The van der Waals surface area contributed by atoms with Gasteiger partial charge in [-0.25, -0.2) is 4.39 Å². The molecule has 0 spiro atoms. The van der Waals surface area contributed by atoms with Crippen molar-refractivity contribution in [2.45, 2.75) is 6.92 Å². The molecule has 0 aliphatic carbocycles. The minimum absolute atomic E-state index is 0.238. The van der Waals surface area contributed by atoms with E-state index in [4.69, 9.17) is 5.73 Å². The summed E-state index contributed by atoms with van der Waals surface area (Å²) in [6.45, 7) is 2.65. The number of rotatable bonds is 3. The third-order valence-electron chi connectivity index (χ3n) is 3.58. The molecule has 1 aromatic heterocycles. The standard InChI is InChI=1S/C17H16FN3/c1-2-21(17-6-4-3-5-14(17)18)16-8-7-15(19)13-11-20-10-9-12(13)16/h3-11H,2,19H2,1H3. The van der Waals surface area contributed by atoms with Gasteiger partial charge in [0.25, 0.3) is 0 Å². The van der Waals surface area contributed by atoms with Crippen molar-refractivity contribution in [1.82, 2.24) is 4.98 Å². The lowest BCUT2D eigenvalue weighted by atomic mass is 10.1. The Balaban J connectivity index is 2.23. The van der Waals surface area contributed by atoms with Crippen LogP contribution < -0.4 is 10.6 Å². The van der Waals surface area contributed by atoms with Gasteiger partial charge in [-0.15, -0.1) is 0 Å². The predicted octanol–water partition coefficient (Wildman–Crippen LogP) is 4.11. The van der Waals surface area contributed by atoms with Crippen molar-refractivity contribution in [1.29, 1.82) is 0 Å². The number of hydrogen-bond acceptors (Lipinski definition) is 3. The summed E-state index contributed by atoms with van der Waals surface area (Å²) in [5.74, 6) is -0.238. The molecule has 106 valence electrons. The summed E-state index contributed by atoms with van der Waals surface area (Å²) in [4.78, 5) is 6.06. The van der Waals surface area contributed by atoms with Crippen LogP contribution >= 0.6 is 0 Å². The number of fused-ring (bicyclic) bond motifs is 1. The molecule has 0 unspecified atom stereocenters. The normalized spacial score (nSPS) is 10.8. The summed E-state index contributed by atoms with van der Waals surface area (Å²) >= 11 is 0. The van der Waals surface area contributed by atoms with Gasteiger partial charge in [-0.05, 0) is 37.3 Å². The Hall–Kier alpha value is -2.62. The van der Waals surface area contributed by atoms with Crippen molar-refractivity contribution >= 4 is 27.8 Å². The van der Waals surface area contributed by atoms with E-state index in [2.05, 4.69) is 4.98 Å². The highest BCUT2D eigenvalue weighted by Gasteiger charge is 2.15. The van der Waals surface area contributed by atoms with Crippen molar-refractivity contribution in [3.8, 4) is 0 Å². The molecule has 0 radical (unpaired) electrons. The quantitative estimate of drug-likeness (QED) is 0.734. The molecule has 0 bridgehead atoms. The monoisotopic (exact) mass is 281 g/mol. The van der Waals surface area contributed by atoms with Gasteiger partial charge in [0.15, 0.2) is 0 Å². The molecule has 3 rings (SSSR count). The molecule has 3 aromatic rings. The first-order chi connectivity index (χ1) is 10.2. The average molecular weight is 281 g/mol. The Morgan fingerprint density at radius 2 is 1.86 bits per heavy atom. The highest BCUT2D eigenvalue weighted by atomic mass is 19.1. The number of nitrogen functional groups attached to an aromatic ring is 1. The molecule has 2 N–H and O–H groups in total. The molecule has 0 atom stereocenters. The molecule has 21 heavy (non-hydrogen) atoms. The van der Waals surface area contributed by atoms with Crippen molar-refractivity contribution < 1.29 is 4.39 Å². The third-order valence-corrected chi connectivity index (χ3v) is 3.58. The second kappa shape index (κ2) is 5.40. The minimum Gasteiger partial charge on any atom is -0.398 e. The molecular weight excluding hydrogens is 265 g/mol. The number of para-hydroxylation sites is 1. The fraction of sp³-hybridized carbons (Fsp3) is 0.118. The van der Waals surface area contributed by atoms with E-state index in [9.17, 15) is 4.39 Å². The Labute approximate surface area is 122 Å². The Kier molecular flexibility index (Phi) is 3.44. The summed E-state index contributed by atoms with van der Waals surface area (Å²) in [5, 5.41) is 1.85. The minimum atomic E-state index is -0.238. The predicted molar refractivity (Wildman–Crippen MR) is 85.2 cm³/mol. The third kappa shape index (κ3) is 2.29. The number of nitrogens with two attached hydrogens (primary N) is 1. The lowest BCUT2D eigenvalue weighted by Crippen LogP contribution is -2.17. The SMILES string of the molecule is CCN(c1ccccc1F)c1ccc(N)c2cnccc12. The molecule has 3 nitrogen and oxygen atoms in total. The summed E-state index contributed by atoms with van der Waals surface area (Å²) in [6, 6.07) is 12.4. The van der Waals surface area contributed by atoms with Crippen molar-refractivity contribution in [3.05, 3.63) is 60.7 Å². The second-order valence-electron chi connectivity index (χ2n) is 4.79. The number of hydrogen-bond donors (Lipinski definition) is 1. The number of anilines is 3. The van der Waals surface area contributed by atoms with Crippen LogP contribution in [0.4, 0.5) is 21.5 Å². The van der Waals surface area contributed by atoms with E-state index in [0.717, 1.165) is 16.5 Å². The zero-order valence-electron chi connectivity index (χ0n) is 11.8. The van der Waals surface area contributed by atoms with Gasteiger partial charge < -0.3 is 10.6 Å². The first kappa shape index (κ1) is 13.4. The fourth-order valence-corrected chi connectivity index (χ4v) is 2.57. The highest BCUT2D eigenvalue weighted by molar-refractivity contribution is 6.02. The lowest BCUT2D eigenvalue weighted by molar-refractivity contribution is 0.626. The van der Waals surface area contributed by atoms with Gasteiger partial charge in [0.05, 0.1) is 5.69 Å². The van der Waals surface area contributed by atoms with E-state index < -0.39 is 0 Å². The van der Waals surface area contributed by atoms with Crippen LogP contribution in [-0.4, -0.2) is 11.5 Å². The smallest absolute Gasteiger partial charge is 0.146 e. The van der Waals surface area contributed by atoms with Gasteiger partial charge in [-0.2, -0.15) is 0 Å². The maximum absolute atomic E-state index is 14.1. The van der Waals surface area contributed by atoms with Crippen LogP contribution in [0.15, 0.2) is 54.9 Å². The molecule has 0 aliphatic heterocycles. The largest absolute Gasteiger partial charge is 0.398 e. The average Bonchev–Trinajstić information content (AvgIpc) is 2.52. The van der Waals surface area contributed by atoms with Gasteiger partial charge >= 0.3 is 0 Å². The van der Waals surface area contributed by atoms with Gasteiger partial charge in [0, 0.05) is 41.1 Å². The van der Waals surface area contributed by atoms with Gasteiger partial charge in [0.1, 0.15) is 5.82 Å². The Morgan fingerprint density at radius 1 is 1.05 bits per heavy atom. The summed E-state index contributed by atoms with van der Waals surface area (Å²) < 4.78 is 14.1. The maximum atomic E-state index is 14.1. The topological polar surface area (TPSA) is 42.1 Å². The maximum Gasteiger partial charge on any atom is 0.146 e. The van der Waals surface area contributed by atoms with Crippen LogP contribution in [0.5, 0.6) is 0 Å². The van der Waals surface area contributed by atoms with E-state index in [-0.39, 0.29) is 5.82 Å². The van der Waals surface area contributed by atoms with Crippen LogP contribution in [0.2, 0.25) is 0 Å². The number of aromatic nitrogens is 1. The van der Waals surface area contributed by atoms with Gasteiger partial charge in [0.2, 0.25) is 0 Å². The van der Waals surface area contributed by atoms with E-state index in [1.807, 2.05) is 36.1 Å². The number of nitrogens with zero attached hydrogens (tertiary/aromatic N) is 2. The van der Waals surface area contributed by atoms with Crippen LogP contribution in [0, 0.1) is 5.82 Å². The molecular formula is C17H16FN3. The van der Waals surface area contributed by atoms with Gasteiger partial charge in [-0.1, -0.05) is 12.1 Å². The zero-order chi connectivity index (χ0) is 14.8. The second-order valence-corrected chi connectivity index (χ2v) is 4.79.